The molecule has 1 unspecified atom stereocenters. The summed E-state index contributed by atoms with van der Waals surface area (Å²) in [6, 6.07) is 8.71. The topological polar surface area (TPSA) is 61.9 Å². The zero-order valence-electron chi connectivity index (χ0n) is 9.50. The van der Waals surface area contributed by atoms with Crippen molar-refractivity contribution < 1.29 is 0 Å². The van der Waals surface area contributed by atoms with Crippen LogP contribution in [0.1, 0.15) is 24.0 Å². The largest absolute Gasteiger partial charge is 0.370 e. The second-order valence-corrected chi connectivity index (χ2v) is 4.51. The summed E-state index contributed by atoms with van der Waals surface area (Å²) in [5, 5.41) is 9.97. The zero-order valence-corrected chi connectivity index (χ0v) is 9.50. The lowest BCUT2D eigenvalue weighted by Crippen LogP contribution is -2.32. The number of hydrogen-bond acceptors (Lipinski definition) is 1. The van der Waals surface area contributed by atoms with Gasteiger partial charge in [0.2, 0.25) is 0 Å². The van der Waals surface area contributed by atoms with E-state index in [2.05, 4.69) is 29.6 Å². The number of benzene rings is 1. The lowest BCUT2D eigenvalue weighted by Gasteiger charge is -2.24. The van der Waals surface area contributed by atoms with Crippen LogP contribution in [0.5, 0.6) is 0 Å². The molecule has 0 saturated heterocycles. The first-order valence-electron chi connectivity index (χ1n) is 5.90. The van der Waals surface area contributed by atoms with Gasteiger partial charge in [0.05, 0.1) is 0 Å². The molecule has 2 rings (SSSR count). The highest BCUT2D eigenvalue weighted by Crippen LogP contribution is 2.26. The molecule has 0 fully saturated rings. The highest BCUT2D eigenvalue weighted by Gasteiger charge is 2.17. The Bertz CT molecular complexity index is 373. The first kappa shape index (κ1) is 11.0. The molecule has 1 aromatic rings. The molecule has 0 aromatic heterocycles. The molecular weight excluding hydrogens is 198 g/mol. The van der Waals surface area contributed by atoms with Gasteiger partial charge in [-0.2, -0.15) is 0 Å². The summed E-state index contributed by atoms with van der Waals surface area (Å²) in [4.78, 5) is 0. The molecule has 86 valence electrons. The minimum absolute atomic E-state index is 0.0798. The molecule has 0 amide bonds. The van der Waals surface area contributed by atoms with Crippen molar-refractivity contribution in [2.75, 3.05) is 6.54 Å². The van der Waals surface area contributed by atoms with Crippen LogP contribution >= 0.6 is 0 Å². The predicted molar refractivity (Wildman–Crippen MR) is 66.5 cm³/mol. The average molecular weight is 217 g/mol. The lowest BCUT2D eigenvalue weighted by molar-refractivity contribution is 0.426. The predicted octanol–water partition coefficient (Wildman–Crippen LogP) is 1.66. The second-order valence-electron chi connectivity index (χ2n) is 4.51. The van der Waals surface area contributed by atoms with Gasteiger partial charge in [0.15, 0.2) is 5.96 Å². The van der Waals surface area contributed by atoms with Gasteiger partial charge in [-0.1, -0.05) is 24.3 Å². The van der Waals surface area contributed by atoms with E-state index in [9.17, 15) is 0 Å². The first-order valence-corrected chi connectivity index (χ1v) is 5.90. The van der Waals surface area contributed by atoms with E-state index in [1.807, 2.05) is 0 Å². The molecular formula is C13H19N3. The molecule has 0 aliphatic heterocycles. The number of guanidine groups is 1. The molecule has 0 heterocycles. The maximum atomic E-state index is 7.10. The lowest BCUT2D eigenvalue weighted by atomic mass is 9.82. The van der Waals surface area contributed by atoms with Crippen molar-refractivity contribution in [2.45, 2.75) is 25.7 Å². The first-order chi connectivity index (χ1) is 7.75. The third-order valence-corrected chi connectivity index (χ3v) is 3.32. The summed E-state index contributed by atoms with van der Waals surface area (Å²) >= 11 is 0. The molecule has 0 saturated carbocycles. The number of hydrogen-bond donors (Lipinski definition) is 3. The Morgan fingerprint density at radius 1 is 1.38 bits per heavy atom. The number of aryl methyl sites for hydroxylation is 1. The van der Waals surface area contributed by atoms with Crippen molar-refractivity contribution in [1.29, 1.82) is 5.41 Å². The normalized spacial score (nSPS) is 18.9. The van der Waals surface area contributed by atoms with Crippen molar-refractivity contribution in [3.63, 3.8) is 0 Å². The van der Waals surface area contributed by atoms with Gasteiger partial charge in [-0.3, -0.25) is 5.41 Å². The number of fused-ring (bicyclic) bond motifs is 1. The fourth-order valence-electron chi connectivity index (χ4n) is 2.43. The van der Waals surface area contributed by atoms with Crippen molar-refractivity contribution in [2.24, 2.45) is 11.7 Å². The summed E-state index contributed by atoms with van der Waals surface area (Å²) in [5.74, 6) is 0.818. The third kappa shape index (κ3) is 2.75. The monoisotopic (exact) mass is 217 g/mol. The van der Waals surface area contributed by atoms with Gasteiger partial charge in [0, 0.05) is 6.54 Å². The van der Waals surface area contributed by atoms with Gasteiger partial charge < -0.3 is 11.1 Å². The van der Waals surface area contributed by atoms with Gasteiger partial charge >= 0.3 is 0 Å². The van der Waals surface area contributed by atoms with Gasteiger partial charge in [0.1, 0.15) is 0 Å². The van der Waals surface area contributed by atoms with E-state index in [4.69, 9.17) is 11.1 Å². The smallest absolute Gasteiger partial charge is 0.185 e. The summed E-state index contributed by atoms with van der Waals surface area (Å²) < 4.78 is 0. The van der Waals surface area contributed by atoms with E-state index in [0.29, 0.717) is 0 Å². The minimum Gasteiger partial charge on any atom is -0.370 e. The van der Waals surface area contributed by atoms with E-state index >= 15 is 0 Å². The fourth-order valence-corrected chi connectivity index (χ4v) is 2.43. The summed E-state index contributed by atoms with van der Waals surface area (Å²) in [6.07, 6.45) is 4.74. The summed E-state index contributed by atoms with van der Waals surface area (Å²) in [5.41, 5.74) is 8.27. The molecule has 0 spiro atoms. The van der Waals surface area contributed by atoms with Crippen LogP contribution in [0.2, 0.25) is 0 Å². The maximum absolute atomic E-state index is 7.10. The van der Waals surface area contributed by atoms with Crippen molar-refractivity contribution in [3.05, 3.63) is 35.4 Å². The van der Waals surface area contributed by atoms with Crippen molar-refractivity contribution in [1.82, 2.24) is 5.32 Å². The van der Waals surface area contributed by atoms with Crippen LogP contribution in [0.15, 0.2) is 24.3 Å². The molecule has 0 bridgehead atoms. The zero-order chi connectivity index (χ0) is 11.4. The van der Waals surface area contributed by atoms with E-state index in [1.165, 1.54) is 30.4 Å². The minimum atomic E-state index is 0.0798. The van der Waals surface area contributed by atoms with Gasteiger partial charge in [-0.15, -0.1) is 0 Å². The van der Waals surface area contributed by atoms with Crippen LogP contribution < -0.4 is 11.1 Å². The number of nitrogens with one attached hydrogen (secondary N) is 2. The highest BCUT2D eigenvalue weighted by atomic mass is 15.0. The number of rotatable bonds is 3. The van der Waals surface area contributed by atoms with Crippen LogP contribution in [-0.4, -0.2) is 12.5 Å². The Morgan fingerprint density at radius 2 is 2.12 bits per heavy atom. The Kier molecular flexibility index (Phi) is 3.44. The van der Waals surface area contributed by atoms with E-state index in [0.717, 1.165) is 18.9 Å². The Morgan fingerprint density at radius 3 is 2.88 bits per heavy atom. The quantitative estimate of drug-likeness (QED) is 0.532. The molecule has 1 aromatic carbocycles. The molecule has 3 nitrogen and oxygen atoms in total. The molecule has 1 aliphatic rings. The fraction of sp³-hybridized carbons (Fsp3) is 0.462. The van der Waals surface area contributed by atoms with Crippen LogP contribution in [0.4, 0.5) is 0 Å². The number of nitrogens with two attached hydrogens (primary N) is 1. The van der Waals surface area contributed by atoms with E-state index < -0.39 is 0 Å². The highest BCUT2D eigenvalue weighted by molar-refractivity contribution is 5.74. The molecule has 4 N–H and O–H groups in total. The van der Waals surface area contributed by atoms with Crippen LogP contribution in [0.3, 0.4) is 0 Å². The molecule has 1 aliphatic carbocycles. The van der Waals surface area contributed by atoms with E-state index in [1.54, 1.807) is 0 Å². The second kappa shape index (κ2) is 5.01. The van der Waals surface area contributed by atoms with Crippen LogP contribution in [0, 0.1) is 11.3 Å². The van der Waals surface area contributed by atoms with Gasteiger partial charge in [-0.25, -0.2) is 0 Å². The Balaban J connectivity index is 1.86. The third-order valence-electron chi connectivity index (χ3n) is 3.32. The SMILES string of the molecule is N=C(N)NCCC1CCc2ccccc2C1. The molecule has 1 atom stereocenters. The summed E-state index contributed by atoms with van der Waals surface area (Å²) in [6.45, 7) is 0.822. The van der Waals surface area contributed by atoms with E-state index in [-0.39, 0.29) is 5.96 Å². The molecule has 3 heteroatoms. The van der Waals surface area contributed by atoms with Crippen molar-refractivity contribution >= 4 is 5.96 Å². The standard InChI is InChI=1S/C13H19N3/c14-13(15)16-8-7-10-5-6-11-3-1-2-4-12(11)9-10/h1-4,10H,5-9H2,(H4,14,15,16). The molecule has 0 radical (unpaired) electrons. The average Bonchev–Trinajstić information content (AvgIpc) is 2.28. The maximum Gasteiger partial charge on any atom is 0.185 e. The summed E-state index contributed by atoms with van der Waals surface area (Å²) in [7, 11) is 0. The van der Waals surface area contributed by atoms with Crippen molar-refractivity contribution in [3.8, 4) is 0 Å². The van der Waals surface area contributed by atoms with Gasteiger partial charge in [-0.05, 0) is 42.7 Å². The Hall–Kier alpha value is -1.51. The Labute approximate surface area is 96.6 Å². The van der Waals surface area contributed by atoms with Gasteiger partial charge in [0.25, 0.3) is 0 Å². The molecule has 16 heavy (non-hydrogen) atoms. The van der Waals surface area contributed by atoms with Crippen LogP contribution in [-0.2, 0) is 12.8 Å². The van der Waals surface area contributed by atoms with Crippen LogP contribution in [0.25, 0.3) is 0 Å².